The van der Waals surface area contributed by atoms with E-state index in [1.165, 1.54) is 0 Å². The average molecular weight is 488 g/mol. The summed E-state index contributed by atoms with van der Waals surface area (Å²) >= 11 is 5.00. The Balaban J connectivity index is 0.000000320. The zero-order chi connectivity index (χ0) is 25.0. The van der Waals surface area contributed by atoms with Gasteiger partial charge in [-0.15, -0.1) is 0 Å². The molecule has 2 aromatic rings. The van der Waals surface area contributed by atoms with Crippen molar-refractivity contribution in [1.29, 1.82) is 0 Å². The van der Waals surface area contributed by atoms with Crippen LogP contribution in [0.1, 0.15) is 31.8 Å². The van der Waals surface area contributed by atoms with Crippen LogP contribution in [0.5, 0.6) is 0 Å². The van der Waals surface area contributed by atoms with E-state index in [0.717, 1.165) is 12.1 Å². The van der Waals surface area contributed by atoms with Crippen LogP contribution in [-0.4, -0.2) is 21.0 Å². The summed E-state index contributed by atoms with van der Waals surface area (Å²) in [6.45, 7) is 0. The number of primary amides is 1. The van der Waals surface area contributed by atoms with Crippen LogP contribution >= 0.6 is 11.6 Å². The van der Waals surface area contributed by atoms with Crippen LogP contribution in [0.3, 0.4) is 0 Å². The van der Waals surface area contributed by atoms with E-state index < -0.39 is 55.9 Å². The van der Waals surface area contributed by atoms with Crippen LogP contribution in [0.25, 0.3) is 0 Å². The molecule has 0 atom stereocenters. The van der Waals surface area contributed by atoms with Crippen molar-refractivity contribution in [3.63, 3.8) is 0 Å². The van der Waals surface area contributed by atoms with E-state index in [2.05, 4.69) is 0 Å². The zero-order valence-corrected chi connectivity index (χ0v) is 15.8. The number of alkyl halides is 6. The summed E-state index contributed by atoms with van der Waals surface area (Å²) in [4.78, 5) is 39.7. The molecule has 0 unspecified atom stereocenters. The van der Waals surface area contributed by atoms with Gasteiger partial charge in [-0.3, -0.25) is 29.8 Å². The van der Waals surface area contributed by atoms with Crippen molar-refractivity contribution in [2.75, 3.05) is 0 Å². The van der Waals surface area contributed by atoms with E-state index in [1.807, 2.05) is 0 Å². The topological polar surface area (TPSA) is 146 Å². The molecule has 2 aromatic carbocycles. The molecule has 0 saturated heterocycles. The summed E-state index contributed by atoms with van der Waals surface area (Å²) in [5, 5.41) is 19.7. The molecule has 172 valence electrons. The number of nitrogens with zero attached hydrogens (tertiary/aromatic N) is 2. The fourth-order valence-corrected chi connectivity index (χ4v) is 2.24. The Morgan fingerprint density at radius 2 is 1.12 bits per heavy atom. The minimum absolute atomic E-state index is 0.347. The molecule has 1 amide bonds. The standard InChI is InChI=1S/C8H3ClF3NO3.C8H5F3N2O3/c9-7(14)4-1-2-5(8(10,11)12)6(3-4)13(15)16;9-8(10,11)5-2-1-4(7(12)14)3-6(5)13(15)16/h1-3H;1-3H,(H2,12,14). The van der Waals surface area contributed by atoms with Crippen molar-refractivity contribution in [3.8, 4) is 0 Å². The Morgan fingerprint density at radius 1 is 0.781 bits per heavy atom. The Hall–Kier alpha value is -3.75. The van der Waals surface area contributed by atoms with E-state index in [0.29, 0.717) is 24.3 Å². The summed E-state index contributed by atoms with van der Waals surface area (Å²) in [5.74, 6) is -1.03. The highest BCUT2D eigenvalue weighted by atomic mass is 35.5. The number of carbonyl (C=O) groups excluding carboxylic acids is 2. The molecule has 0 fully saturated rings. The predicted octanol–water partition coefficient (Wildman–Crippen LogP) is 4.71. The number of carbonyl (C=O) groups is 2. The van der Waals surface area contributed by atoms with Crippen molar-refractivity contribution >= 4 is 34.1 Å². The molecule has 9 nitrogen and oxygen atoms in total. The number of hydrogen-bond acceptors (Lipinski definition) is 6. The number of amides is 1. The lowest BCUT2D eigenvalue weighted by molar-refractivity contribution is -0.388. The highest BCUT2D eigenvalue weighted by Crippen LogP contribution is 2.37. The number of nitro benzene ring substituents is 2. The molecule has 32 heavy (non-hydrogen) atoms. The summed E-state index contributed by atoms with van der Waals surface area (Å²) in [6.07, 6.45) is -9.70. The molecule has 0 aliphatic rings. The molecule has 0 aromatic heterocycles. The lowest BCUT2D eigenvalue weighted by Gasteiger charge is -2.07. The Morgan fingerprint density at radius 3 is 1.41 bits per heavy atom. The minimum atomic E-state index is -4.85. The van der Waals surface area contributed by atoms with Gasteiger partial charge in [0.1, 0.15) is 11.1 Å². The first-order valence-corrected chi connectivity index (χ1v) is 8.05. The summed E-state index contributed by atoms with van der Waals surface area (Å²) in [7, 11) is 0. The largest absolute Gasteiger partial charge is 0.422 e. The van der Waals surface area contributed by atoms with Gasteiger partial charge in [0.25, 0.3) is 16.6 Å². The van der Waals surface area contributed by atoms with Gasteiger partial charge < -0.3 is 5.73 Å². The first-order chi connectivity index (χ1) is 14.5. The predicted molar refractivity (Wildman–Crippen MR) is 94.9 cm³/mol. The number of benzene rings is 2. The van der Waals surface area contributed by atoms with Gasteiger partial charge in [0.2, 0.25) is 5.91 Å². The molecule has 0 radical (unpaired) electrons. The number of hydrogen-bond donors (Lipinski definition) is 1. The molecular weight excluding hydrogens is 480 g/mol. The first kappa shape index (κ1) is 26.3. The van der Waals surface area contributed by atoms with Crippen LogP contribution in [0.4, 0.5) is 37.7 Å². The number of nitrogens with two attached hydrogens (primary N) is 1. The fraction of sp³-hybridized carbons (Fsp3) is 0.125. The average Bonchev–Trinajstić information content (AvgIpc) is 2.65. The van der Waals surface area contributed by atoms with Gasteiger partial charge in [0.05, 0.1) is 9.85 Å². The third-order valence-corrected chi connectivity index (χ3v) is 3.73. The van der Waals surface area contributed by atoms with Crippen molar-refractivity contribution < 1.29 is 45.8 Å². The summed E-state index contributed by atoms with van der Waals surface area (Å²) in [6, 6.07) is 3.48. The van der Waals surface area contributed by atoms with Crippen LogP contribution in [-0.2, 0) is 12.4 Å². The van der Waals surface area contributed by atoms with Crippen LogP contribution in [0, 0.1) is 20.2 Å². The highest BCUT2D eigenvalue weighted by Gasteiger charge is 2.39. The smallest absolute Gasteiger partial charge is 0.366 e. The second-order valence-corrected chi connectivity index (χ2v) is 5.95. The monoisotopic (exact) mass is 487 g/mol. The molecule has 0 bridgehead atoms. The molecule has 0 heterocycles. The molecule has 0 spiro atoms. The lowest BCUT2D eigenvalue weighted by Crippen LogP contribution is -2.14. The van der Waals surface area contributed by atoms with Crippen molar-refractivity contribution in [2.24, 2.45) is 5.73 Å². The minimum Gasteiger partial charge on any atom is -0.366 e. The fourth-order valence-electron chi connectivity index (χ4n) is 2.12. The van der Waals surface area contributed by atoms with E-state index >= 15 is 0 Å². The maximum absolute atomic E-state index is 12.3. The number of halogens is 7. The van der Waals surface area contributed by atoms with Crippen molar-refractivity contribution in [2.45, 2.75) is 12.4 Å². The lowest BCUT2D eigenvalue weighted by atomic mass is 10.1. The maximum Gasteiger partial charge on any atom is 0.422 e. The quantitative estimate of drug-likeness (QED) is 0.286. The maximum atomic E-state index is 12.3. The normalized spacial score (nSPS) is 11.2. The van der Waals surface area contributed by atoms with Gasteiger partial charge in [0, 0.05) is 23.3 Å². The first-order valence-electron chi connectivity index (χ1n) is 7.67. The molecule has 2 rings (SSSR count). The molecule has 0 saturated carbocycles. The molecular formula is C16H8ClF6N3O6. The van der Waals surface area contributed by atoms with Gasteiger partial charge in [0.15, 0.2) is 0 Å². The Kier molecular flexibility index (Phi) is 7.88. The van der Waals surface area contributed by atoms with Crippen LogP contribution in [0.2, 0.25) is 0 Å². The SMILES string of the molecule is NC(=O)c1ccc(C(F)(F)F)c([N+](=O)[O-])c1.O=C(Cl)c1ccc(C(F)(F)F)c([N+](=O)[O-])c1. The number of nitro groups is 2. The zero-order valence-electron chi connectivity index (χ0n) is 15.0. The molecule has 16 heteroatoms. The summed E-state index contributed by atoms with van der Waals surface area (Å²) < 4.78 is 73.9. The van der Waals surface area contributed by atoms with Crippen LogP contribution < -0.4 is 5.73 Å². The second-order valence-electron chi connectivity index (χ2n) is 5.61. The third kappa shape index (κ3) is 6.63. The van der Waals surface area contributed by atoms with E-state index in [1.54, 1.807) is 0 Å². The number of rotatable bonds is 4. The van der Waals surface area contributed by atoms with Gasteiger partial charge in [-0.05, 0) is 35.9 Å². The highest BCUT2D eigenvalue weighted by molar-refractivity contribution is 6.67. The van der Waals surface area contributed by atoms with Gasteiger partial charge in [-0.2, -0.15) is 26.3 Å². The van der Waals surface area contributed by atoms with Crippen molar-refractivity contribution in [3.05, 3.63) is 78.9 Å². The molecule has 0 aliphatic heterocycles. The van der Waals surface area contributed by atoms with E-state index in [9.17, 15) is 56.2 Å². The van der Waals surface area contributed by atoms with Gasteiger partial charge in [-0.1, -0.05) is 0 Å². The van der Waals surface area contributed by atoms with E-state index in [4.69, 9.17) is 17.3 Å². The van der Waals surface area contributed by atoms with Gasteiger partial charge in [-0.25, -0.2) is 0 Å². The Bertz CT molecular complexity index is 1000. The Labute approximate surface area is 177 Å². The molecule has 0 aliphatic carbocycles. The third-order valence-electron chi connectivity index (χ3n) is 3.51. The van der Waals surface area contributed by atoms with Crippen molar-refractivity contribution in [1.82, 2.24) is 0 Å². The summed E-state index contributed by atoms with van der Waals surface area (Å²) in [5.41, 5.74) is -1.13. The second kappa shape index (κ2) is 9.59. The van der Waals surface area contributed by atoms with Gasteiger partial charge >= 0.3 is 12.4 Å². The molecule has 2 N–H and O–H groups in total. The van der Waals surface area contributed by atoms with Crippen LogP contribution in [0.15, 0.2) is 36.4 Å². The van der Waals surface area contributed by atoms with E-state index in [-0.39, 0.29) is 11.1 Å².